The Kier molecular flexibility index (Phi) is 4.83. The van der Waals surface area contributed by atoms with Crippen molar-refractivity contribution in [1.82, 2.24) is 0 Å². The highest BCUT2D eigenvalue weighted by Crippen LogP contribution is 2.43. The van der Waals surface area contributed by atoms with E-state index in [-0.39, 0.29) is 5.97 Å². The Morgan fingerprint density at radius 3 is 2.60 bits per heavy atom. The molecule has 2 aromatic rings. The second kappa shape index (κ2) is 6.41. The Balaban J connectivity index is 2.54. The van der Waals surface area contributed by atoms with E-state index >= 15 is 0 Å². The molecule has 0 aromatic carbocycles. The van der Waals surface area contributed by atoms with Crippen LogP contribution >= 0.6 is 22.7 Å². The highest BCUT2D eigenvalue weighted by Gasteiger charge is 2.23. The fourth-order valence-electron chi connectivity index (χ4n) is 2.17. The Bertz CT molecular complexity index is 613. The summed E-state index contributed by atoms with van der Waals surface area (Å²) in [7, 11) is 0. The number of aryl methyl sites for hydroxylation is 1. The van der Waals surface area contributed by atoms with Gasteiger partial charge in [-0.1, -0.05) is 13.8 Å². The molecule has 2 aromatic heterocycles. The lowest BCUT2D eigenvalue weighted by Gasteiger charge is -2.02. The molecule has 20 heavy (non-hydrogen) atoms. The average Bonchev–Trinajstić information content (AvgIpc) is 3.02. The van der Waals surface area contributed by atoms with E-state index in [1.54, 1.807) is 18.3 Å². The first kappa shape index (κ1) is 15.1. The molecule has 0 unspecified atom stereocenters. The molecular formula is C15H19NO2S2. The van der Waals surface area contributed by atoms with Gasteiger partial charge in [0.1, 0.15) is 4.88 Å². The zero-order chi connectivity index (χ0) is 14.7. The van der Waals surface area contributed by atoms with Gasteiger partial charge in [-0.25, -0.2) is 4.79 Å². The molecule has 2 N–H and O–H groups in total. The maximum atomic E-state index is 12.0. The lowest BCUT2D eigenvalue weighted by Crippen LogP contribution is -2.05. The second-order valence-corrected chi connectivity index (χ2v) is 6.29. The molecule has 0 radical (unpaired) electrons. The van der Waals surface area contributed by atoms with Gasteiger partial charge in [-0.15, -0.1) is 22.7 Å². The topological polar surface area (TPSA) is 52.3 Å². The monoisotopic (exact) mass is 309 g/mol. The van der Waals surface area contributed by atoms with E-state index in [0.717, 1.165) is 23.3 Å². The summed E-state index contributed by atoms with van der Waals surface area (Å²) in [5.41, 5.74) is 9.11. The number of anilines is 1. The van der Waals surface area contributed by atoms with E-state index in [2.05, 4.69) is 25.3 Å². The van der Waals surface area contributed by atoms with Crippen molar-refractivity contribution in [2.75, 3.05) is 12.3 Å². The van der Waals surface area contributed by atoms with E-state index in [9.17, 15) is 4.79 Å². The molecular weight excluding hydrogens is 290 g/mol. The highest BCUT2D eigenvalue weighted by molar-refractivity contribution is 7.23. The van der Waals surface area contributed by atoms with Crippen LogP contribution in [0.4, 0.5) is 5.69 Å². The number of rotatable bonds is 5. The number of nitrogens with two attached hydrogens (primary N) is 1. The molecule has 0 spiro atoms. The van der Waals surface area contributed by atoms with Gasteiger partial charge in [0.15, 0.2) is 0 Å². The van der Waals surface area contributed by atoms with Crippen molar-refractivity contribution in [2.24, 2.45) is 0 Å². The van der Waals surface area contributed by atoms with Gasteiger partial charge in [-0.2, -0.15) is 0 Å². The number of thiophene rings is 2. The Morgan fingerprint density at radius 2 is 2.00 bits per heavy atom. The van der Waals surface area contributed by atoms with E-state index in [0.29, 0.717) is 17.2 Å². The Morgan fingerprint density at radius 1 is 1.25 bits per heavy atom. The summed E-state index contributed by atoms with van der Waals surface area (Å²) in [5.74, 6) is -0.314. The summed E-state index contributed by atoms with van der Waals surface area (Å²) in [6.07, 6.45) is 1.80. The van der Waals surface area contributed by atoms with E-state index in [4.69, 9.17) is 10.5 Å². The molecule has 0 aliphatic heterocycles. The van der Waals surface area contributed by atoms with Crippen LogP contribution in [0.25, 0.3) is 9.75 Å². The minimum Gasteiger partial charge on any atom is -0.462 e. The van der Waals surface area contributed by atoms with E-state index < -0.39 is 0 Å². The van der Waals surface area contributed by atoms with Crippen molar-refractivity contribution in [2.45, 2.75) is 33.6 Å². The first-order chi connectivity index (χ1) is 9.63. The third kappa shape index (κ3) is 2.60. The van der Waals surface area contributed by atoms with Crippen LogP contribution in [0, 0.1) is 0 Å². The van der Waals surface area contributed by atoms with Gasteiger partial charge >= 0.3 is 5.97 Å². The molecule has 2 heterocycles. The zero-order valence-corrected chi connectivity index (χ0v) is 13.6. The number of ether oxygens (including phenoxy) is 1. The molecule has 0 bridgehead atoms. The van der Waals surface area contributed by atoms with Crippen molar-refractivity contribution < 1.29 is 9.53 Å². The molecule has 0 saturated carbocycles. The predicted octanol–water partition coefficient (Wildman–Crippen LogP) is 4.36. The van der Waals surface area contributed by atoms with Gasteiger partial charge in [0.2, 0.25) is 0 Å². The lowest BCUT2D eigenvalue weighted by molar-refractivity contribution is 0.0533. The largest absolute Gasteiger partial charge is 0.462 e. The van der Waals surface area contributed by atoms with Crippen LogP contribution in [0.1, 0.15) is 41.6 Å². The molecule has 3 nitrogen and oxygen atoms in total. The maximum Gasteiger partial charge on any atom is 0.350 e. The fourth-order valence-corrected chi connectivity index (χ4v) is 4.59. The van der Waals surface area contributed by atoms with Crippen molar-refractivity contribution in [3.8, 4) is 9.75 Å². The molecule has 0 fully saturated rings. The summed E-state index contributed by atoms with van der Waals surface area (Å²) >= 11 is 3.16. The van der Waals surface area contributed by atoms with E-state index in [1.807, 2.05) is 0 Å². The van der Waals surface area contributed by atoms with Crippen LogP contribution in [-0.2, 0) is 17.6 Å². The molecule has 0 aliphatic carbocycles. The average molecular weight is 309 g/mol. The van der Waals surface area contributed by atoms with Gasteiger partial charge in [-0.3, -0.25) is 0 Å². The third-order valence-corrected chi connectivity index (χ3v) is 5.54. The minimum atomic E-state index is -0.314. The maximum absolute atomic E-state index is 12.0. The van der Waals surface area contributed by atoms with Crippen LogP contribution < -0.4 is 5.73 Å². The molecule has 0 amide bonds. The smallest absolute Gasteiger partial charge is 0.350 e. The van der Waals surface area contributed by atoms with Crippen LogP contribution in [0.5, 0.6) is 0 Å². The van der Waals surface area contributed by atoms with Crippen LogP contribution in [0.3, 0.4) is 0 Å². The third-order valence-electron chi connectivity index (χ3n) is 3.20. The Labute approximate surface area is 127 Å². The number of nitrogen functional groups attached to an aromatic ring is 1. The molecule has 0 saturated heterocycles. The Hall–Kier alpha value is -1.33. The number of carbonyl (C=O) groups is 1. The van der Waals surface area contributed by atoms with Gasteiger partial charge in [0.25, 0.3) is 0 Å². The fraction of sp³-hybridized carbons (Fsp3) is 0.400. The first-order valence-electron chi connectivity index (χ1n) is 6.78. The van der Waals surface area contributed by atoms with Gasteiger partial charge in [-0.05, 0) is 42.3 Å². The molecule has 0 atom stereocenters. The summed E-state index contributed by atoms with van der Waals surface area (Å²) in [6, 6.07) is 2.14. The van der Waals surface area contributed by atoms with Crippen LogP contribution in [-0.4, -0.2) is 12.6 Å². The predicted molar refractivity (Wildman–Crippen MR) is 86.8 cm³/mol. The van der Waals surface area contributed by atoms with Crippen molar-refractivity contribution >= 4 is 34.3 Å². The molecule has 0 aliphatic rings. The van der Waals surface area contributed by atoms with Crippen molar-refractivity contribution in [1.29, 1.82) is 0 Å². The number of hydrogen-bond acceptors (Lipinski definition) is 5. The van der Waals surface area contributed by atoms with E-state index in [1.165, 1.54) is 21.8 Å². The summed E-state index contributed by atoms with van der Waals surface area (Å²) in [4.78, 5) is 14.9. The lowest BCUT2D eigenvalue weighted by atomic mass is 10.1. The normalized spacial score (nSPS) is 10.8. The molecule has 5 heteroatoms. The number of esters is 1. The van der Waals surface area contributed by atoms with Gasteiger partial charge in [0, 0.05) is 4.88 Å². The molecule has 2 rings (SSSR count). The molecule has 108 valence electrons. The standard InChI is InChI=1S/C15H19NO2S2/c1-4-9-7-8-19-12(9)13-10(5-2)11(16)14(20-13)15(17)18-6-3/h7-8H,4-6,16H2,1-3H3. The highest BCUT2D eigenvalue weighted by atomic mass is 32.1. The quantitative estimate of drug-likeness (QED) is 0.835. The van der Waals surface area contributed by atoms with Gasteiger partial charge < -0.3 is 10.5 Å². The van der Waals surface area contributed by atoms with Crippen molar-refractivity contribution in [3.63, 3.8) is 0 Å². The van der Waals surface area contributed by atoms with Crippen LogP contribution in [0.2, 0.25) is 0 Å². The number of hydrogen-bond donors (Lipinski definition) is 1. The number of carbonyl (C=O) groups excluding carboxylic acids is 1. The van der Waals surface area contributed by atoms with Gasteiger partial charge in [0.05, 0.1) is 17.2 Å². The van der Waals surface area contributed by atoms with Crippen molar-refractivity contribution in [3.05, 3.63) is 27.5 Å². The van der Waals surface area contributed by atoms with Crippen LogP contribution in [0.15, 0.2) is 11.4 Å². The minimum absolute atomic E-state index is 0.314. The zero-order valence-electron chi connectivity index (χ0n) is 12.0. The summed E-state index contributed by atoms with van der Waals surface area (Å²) in [6.45, 7) is 6.38. The summed E-state index contributed by atoms with van der Waals surface area (Å²) < 4.78 is 5.09. The summed E-state index contributed by atoms with van der Waals surface area (Å²) in [5, 5.41) is 2.09. The SMILES string of the molecule is CCOC(=O)c1sc(-c2sccc2CC)c(CC)c1N. The second-order valence-electron chi connectivity index (χ2n) is 4.36. The first-order valence-corrected chi connectivity index (χ1v) is 8.48.